The Labute approximate surface area is 89.1 Å². The van der Waals surface area contributed by atoms with Crippen molar-refractivity contribution in [3.8, 4) is 0 Å². The second-order valence-corrected chi connectivity index (χ2v) is 5.45. The fourth-order valence-corrected chi connectivity index (χ4v) is 1.84. The molecule has 0 aliphatic carbocycles. The van der Waals surface area contributed by atoms with Crippen LogP contribution in [0.15, 0.2) is 11.1 Å². The second kappa shape index (κ2) is 4.11. The Bertz CT molecular complexity index is 203. The number of morpholine rings is 1. The molecule has 76 valence electrons. The van der Waals surface area contributed by atoms with Gasteiger partial charge in [-0.25, -0.2) is 0 Å². The van der Waals surface area contributed by atoms with Crippen LogP contribution in [0.5, 0.6) is 0 Å². The van der Waals surface area contributed by atoms with Crippen LogP contribution in [0.3, 0.4) is 0 Å². The fourth-order valence-electron chi connectivity index (χ4n) is 1.53. The van der Waals surface area contributed by atoms with Crippen molar-refractivity contribution in [2.75, 3.05) is 19.7 Å². The molecule has 0 aromatic rings. The van der Waals surface area contributed by atoms with Crippen LogP contribution in [0.1, 0.15) is 20.8 Å². The van der Waals surface area contributed by atoms with Gasteiger partial charge in [-0.05, 0) is 20.8 Å². The minimum atomic E-state index is 0.128. The molecule has 1 aliphatic heterocycles. The molecule has 13 heavy (non-hydrogen) atoms. The van der Waals surface area contributed by atoms with E-state index < -0.39 is 0 Å². The molecule has 0 aromatic carbocycles. The summed E-state index contributed by atoms with van der Waals surface area (Å²) in [6.45, 7) is 13.1. The normalized spacial score (nSPS) is 28.8. The third-order valence-corrected chi connectivity index (χ3v) is 2.67. The topological polar surface area (TPSA) is 12.5 Å². The van der Waals surface area contributed by atoms with E-state index in [1.54, 1.807) is 0 Å². The van der Waals surface area contributed by atoms with Gasteiger partial charge < -0.3 is 4.74 Å². The van der Waals surface area contributed by atoms with Crippen LogP contribution in [-0.2, 0) is 4.74 Å². The first-order valence-electron chi connectivity index (χ1n) is 4.62. The third-order valence-electron chi connectivity index (χ3n) is 2.42. The summed E-state index contributed by atoms with van der Waals surface area (Å²) in [6.07, 6.45) is 0.333. The Kier molecular flexibility index (Phi) is 3.55. The van der Waals surface area contributed by atoms with Crippen molar-refractivity contribution in [3.05, 3.63) is 11.1 Å². The van der Waals surface area contributed by atoms with Gasteiger partial charge in [0.15, 0.2) is 0 Å². The highest BCUT2D eigenvalue weighted by molar-refractivity contribution is 9.11. The summed E-state index contributed by atoms with van der Waals surface area (Å²) in [4.78, 5) is 2.40. The summed E-state index contributed by atoms with van der Waals surface area (Å²) in [5, 5.41) is 0. The van der Waals surface area contributed by atoms with Crippen molar-refractivity contribution in [3.63, 3.8) is 0 Å². The standard InChI is InChI=1S/C10H18BrNO/c1-8(11)5-12-6-9(2)13-7-10(12,3)4/h9H,1,5-7H2,2-4H3/t9-/m0/s1. The largest absolute Gasteiger partial charge is 0.375 e. The average molecular weight is 248 g/mol. The lowest BCUT2D eigenvalue weighted by atomic mass is 10.0. The molecule has 1 heterocycles. The van der Waals surface area contributed by atoms with Gasteiger partial charge in [0.05, 0.1) is 12.7 Å². The average Bonchev–Trinajstić information content (AvgIpc) is 1.97. The maximum Gasteiger partial charge on any atom is 0.0675 e. The minimum absolute atomic E-state index is 0.128. The number of ether oxygens (including phenoxy) is 1. The molecule has 0 spiro atoms. The molecular weight excluding hydrogens is 230 g/mol. The maximum absolute atomic E-state index is 5.62. The highest BCUT2D eigenvalue weighted by Gasteiger charge is 2.33. The minimum Gasteiger partial charge on any atom is -0.375 e. The molecule has 1 saturated heterocycles. The molecule has 0 aromatic heterocycles. The quantitative estimate of drug-likeness (QED) is 0.744. The molecule has 0 radical (unpaired) electrons. The molecule has 3 heteroatoms. The molecule has 1 aliphatic rings. The van der Waals surface area contributed by atoms with Crippen LogP contribution in [0.2, 0.25) is 0 Å². The summed E-state index contributed by atoms with van der Waals surface area (Å²) < 4.78 is 6.65. The Balaban J connectivity index is 2.61. The lowest BCUT2D eigenvalue weighted by molar-refractivity contribution is -0.0866. The highest BCUT2D eigenvalue weighted by Crippen LogP contribution is 2.23. The first kappa shape index (κ1) is 11.2. The van der Waals surface area contributed by atoms with Gasteiger partial charge in [0.25, 0.3) is 0 Å². The SMILES string of the molecule is C=C(Br)CN1C[C@H](C)OCC1(C)C. The van der Waals surface area contributed by atoms with E-state index in [1.807, 2.05) is 0 Å². The number of rotatable bonds is 2. The molecule has 0 N–H and O–H groups in total. The molecule has 0 bridgehead atoms. The molecule has 2 nitrogen and oxygen atoms in total. The van der Waals surface area contributed by atoms with Crippen LogP contribution in [0.4, 0.5) is 0 Å². The zero-order valence-electron chi connectivity index (χ0n) is 8.64. The number of halogens is 1. The van der Waals surface area contributed by atoms with E-state index >= 15 is 0 Å². The van der Waals surface area contributed by atoms with Gasteiger partial charge in [-0.3, -0.25) is 4.90 Å². The molecule has 0 unspecified atom stereocenters. The Hall–Kier alpha value is 0.140. The van der Waals surface area contributed by atoms with Crippen LogP contribution >= 0.6 is 15.9 Å². The maximum atomic E-state index is 5.62. The molecule has 0 saturated carbocycles. The van der Waals surface area contributed by atoms with E-state index in [9.17, 15) is 0 Å². The highest BCUT2D eigenvalue weighted by atomic mass is 79.9. The van der Waals surface area contributed by atoms with Gasteiger partial charge in [0.2, 0.25) is 0 Å². The summed E-state index contributed by atoms with van der Waals surface area (Å²) in [6, 6.07) is 0. The molecule has 0 amide bonds. The zero-order chi connectivity index (χ0) is 10.1. The third kappa shape index (κ3) is 3.08. The summed E-state index contributed by atoms with van der Waals surface area (Å²) in [7, 11) is 0. The van der Waals surface area contributed by atoms with E-state index in [4.69, 9.17) is 4.74 Å². The van der Waals surface area contributed by atoms with Gasteiger partial charge in [-0.2, -0.15) is 0 Å². The predicted octanol–water partition coefficient (Wildman–Crippen LogP) is 2.39. The van der Waals surface area contributed by atoms with Crippen molar-refractivity contribution in [1.29, 1.82) is 0 Å². The first-order valence-corrected chi connectivity index (χ1v) is 5.41. The second-order valence-electron chi connectivity index (χ2n) is 4.33. The zero-order valence-corrected chi connectivity index (χ0v) is 10.2. The molecular formula is C10H18BrNO. The van der Waals surface area contributed by atoms with Crippen LogP contribution in [-0.4, -0.2) is 36.2 Å². The Morgan fingerprint density at radius 2 is 2.31 bits per heavy atom. The van der Waals surface area contributed by atoms with Crippen molar-refractivity contribution in [2.45, 2.75) is 32.4 Å². The summed E-state index contributed by atoms with van der Waals surface area (Å²) >= 11 is 3.40. The predicted molar refractivity (Wildman–Crippen MR) is 59.1 cm³/mol. The van der Waals surface area contributed by atoms with E-state index in [2.05, 4.69) is 48.2 Å². The van der Waals surface area contributed by atoms with E-state index in [0.717, 1.165) is 24.2 Å². The van der Waals surface area contributed by atoms with Gasteiger partial charge in [0, 0.05) is 23.1 Å². The molecule has 1 rings (SSSR count). The van der Waals surface area contributed by atoms with Crippen molar-refractivity contribution in [2.24, 2.45) is 0 Å². The monoisotopic (exact) mass is 247 g/mol. The number of hydrogen-bond donors (Lipinski definition) is 0. The fraction of sp³-hybridized carbons (Fsp3) is 0.800. The van der Waals surface area contributed by atoms with Crippen LogP contribution < -0.4 is 0 Å². The van der Waals surface area contributed by atoms with Crippen LogP contribution in [0, 0.1) is 0 Å². The Morgan fingerprint density at radius 3 is 2.85 bits per heavy atom. The number of hydrogen-bond acceptors (Lipinski definition) is 2. The summed E-state index contributed by atoms with van der Waals surface area (Å²) in [5.74, 6) is 0. The van der Waals surface area contributed by atoms with Crippen molar-refractivity contribution >= 4 is 15.9 Å². The van der Waals surface area contributed by atoms with Gasteiger partial charge in [-0.1, -0.05) is 22.5 Å². The molecule has 1 atom stereocenters. The summed E-state index contributed by atoms with van der Waals surface area (Å²) in [5.41, 5.74) is 0.128. The first-order chi connectivity index (χ1) is 5.92. The lowest BCUT2D eigenvalue weighted by Crippen LogP contribution is -2.55. The van der Waals surface area contributed by atoms with Crippen molar-refractivity contribution in [1.82, 2.24) is 4.90 Å². The van der Waals surface area contributed by atoms with Gasteiger partial charge in [-0.15, -0.1) is 0 Å². The van der Waals surface area contributed by atoms with E-state index in [1.165, 1.54) is 0 Å². The van der Waals surface area contributed by atoms with Gasteiger partial charge in [0.1, 0.15) is 0 Å². The lowest BCUT2D eigenvalue weighted by Gasteiger charge is -2.44. The smallest absolute Gasteiger partial charge is 0.0675 e. The molecule has 1 fully saturated rings. The van der Waals surface area contributed by atoms with Gasteiger partial charge >= 0.3 is 0 Å². The van der Waals surface area contributed by atoms with E-state index in [0.29, 0.717) is 6.10 Å². The van der Waals surface area contributed by atoms with Crippen molar-refractivity contribution < 1.29 is 4.74 Å². The number of nitrogens with zero attached hydrogens (tertiary/aromatic N) is 1. The van der Waals surface area contributed by atoms with Crippen LogP contribution in [0.25, 0.3) is 0 Å². The Morgan fingerprint density at radius 1 is 1.69 bits per heavy atom. The van der Waals surface area contributed by atoms with E-state index in [-0.39, 0.29) is 5.54 Å².